The number of benzene rings is 1. The van der Waals surface area contributed by atoms with E-state index in [-0.39, 0.29) is 0 Å². The number of nitrogens with zero attached hydrogens (tertiary/aromatic N) is 1. The van der Waals surface area contributed by atoms with Crippen LogP contribution in [-0.4, -0.2) is 32.9 Å². The maximum atomic E-state index is 11.9. The molecule has 18 heavy (non-hydrogen) atoms. The Kier molecular flexibility index (Phi) is 5.68. The lowest BCUT2D eigenvalue weighted by Gasteiger charge is -2.18. The summed E-state index contributed by atoms with van der Waals surface area (Å²) in [7, 11) is -2.11. The molecule has 0 spiro atoms. The molecule has 0 heterocycles. The van der Waals surface area contributed by atoms with Gasteiger partial charge in [0, 0.05) is 13.6 Å². The number of hydrogen-bond donors (Lipinski definition) is 2. The second-order valence-electron chi connectivity index (χ2n) is 3.70. The molecule has 0 saturated carbocycles. The monoisotopic (exact) mass is 311 g/mol. The molecule has 1 aromatic rings. The first-order chi connectivity index (χ1) is 8.36. The summed E-state index contributed by atoms with van der Waals surface area (Å²) in [6.45, 7) is 0.791. The van der Waals surface area contributed by atoms with Crippen LogP contribution in [0.3, 0.4) is 0 Å². The van der Waals surface area contributed by atoms with Crippen molar-refractivity contribution in [3.05, 3.63) is 28.2 Å². The minimum Gasteiger partial charge on any atom is -0.330 e. The van der Waals surface area contributed by atoms with Gasteiger partial charge < -0.3 is 5.73 Å². The molecule has 0 atom stereocenters. The lowest BCUT2D eigenvalue weighted by atomic mass is 10.3. The maximum Gasteiger partial charge on any atom is 0.301 e. The molecule has 0 fully saturated rings. The van der Waals surface area contributed by atoms with Gasteiger partial charge in [-0.25, -0.2) is 0 Å². The lowest BCUT2D eigenvalue weighted by molar-refractivity contribution is 0.468. The summed E-state index contributed by atoms with van der Waals surface area (Å²) in [6, 6.07) is 4.53. The van der Waals surface area contributed by atoms with Gasteiger partial charge in [-0.15, -0.1) is 0 Å². The molecule has 8 heteroatoms. The van der Waals surface area contributed by atoms with Crippen LogP contribution in [0.25, 0.3) is 0 Å². The van der Waals surface area contributed by atoms with Crippen LogP contribution in [0.4, 0.5) is 5.69 Å². The topological polar surface area (TPSA) is 75.4 Å². The Labute approximate surface area is 117 Å². The van der Waals surface area contributed by atoms with Gasteiger partial charge >= 0.3 is 10.2 Å². The predicted octanol–water partition coefficient (Wildman–Crippen LogP) is 1.93. The fourth-order valence-electron chi connectivity index (χ4n) is 1.22. The minimum absolute atomic E-state index is 0.293. The molecule has 0 aliphatic heterocycles. The van der Waals surface area contributed by atoms with E-state index in [2.05, 4.69) is 4.72 Å². The largest absolute Gasteiger partial charge is 0.330 e. The Bertz CT molecular complexity index is 508. The zero-order valence-corrected chi connectivity index (χ0v) is 12.2. The number of halogens is 2. The second-order valence-corrected chi connectivity index (χ2v) is 6.29. The minimum atomic E-state index is -3.59. The summed E-state index contributed by atoms with van der Waals surface area (Å²) in [4.78, 5) is 0. The molecule has 3 N–H and O–H groups in total. The van der Waals surface area contributed by atoms with Crippen molar-refractivity contribution < 1.29 is 8.42 Å². The molecule has 1 rings (SSSR count). The lowest BCUT2D eigenvalue weighted by Crippen LogP contribution is -2.34. The molecule has 0 aliphatic rings. The first kappa shape index (κ1) is 15.5. The summed E-state index contributed by atoms with van der Waals surface area (Å²) in [6.07, 6.45) is 0.596. The van der Waals surface area contributed by atoms with Gasteiger partial charge in [-0.1, -0.05) is 23.2 Å². The van der Waals surface area contributed by atoms with E-state index in [4.69, 9.17) is 28.9 Å². The Morgan fingerprint density at radius 1 is 1.33 bits per heavy atom. The highest BCUT2D eigenvalue weighted by molar-refractivity contribution is 7.90. The van der Waals surface area contributed by atoms with Gasteiger partial charge in [-0.05, 0) is 31.2 Å². The zero-order chi connectivity index (χ0) is 13.8. The molecule has 0 bridgehead atoms. The third kappa shape index (κ3) is 4.29. The third-order valence-electron chi connectivity index (χ3n) is 2.25. The SMILES string of the molecule is CN(CCCN)S(=O)(=O)Nc1ccc(Cl)c(Cl)c1. The van der Waals surface area contributed by atoms with Gasteiger partial charge in [0.15, 0.2) is 0 Å². The van der Waals surface area contributed by atoms with E-state index >= 15 is 0 Å². The van der Waals surface area contributed by atoms with Crippen LogP contribution in [-0.2, 0) is 10.2 Å². The fraction of sp³-hybridized carbons (Fsp3) is 0.400. The van der Waals surface area contributed by atoms with Crippen LogP contribution >= 0.6 is 23.2 Å². The highest BCUT2D eigenvalue weighted by Crippen LogP contribution is 2.25. The standard InChI is InChI=1S/C10H15Cl2N3O2S/c1-15(6-2-5-13)18(16,17)14-8-3-4-9(11)10(12)7-8/h3-4,7,14H,2,5-6,13H2,1H3. The molecule has 0 radical (unpaired) electrons. The normalized spacial score (nSPS) is 11.8. The smallest absolute Gasteiger partial charge is 0.301 e. The molecule has 0 aromatic heterocycles. The Morgan fingerprint density at radius 2 is 2.00 bits per heavy atom. The van der Waals surface area contributed by atoms with Crippen LogP contribution in [0.1, 0.15) is 6.42 Å². The molecule has 5 nitrogen and oxygen atoms in total. The first-order valence-corrected chi connectivity index (χ1v) is 7.45. The molecule has 0 amide bonds. The van der Waals surface area contributed by atoms with E-state index in [1.54, 1.807) is 6.07 Å². The Morgan fingerprint density at radius 3 is 2.56 bits per heavy atom. The fourth-order valence-corrected chi connectivity index (χ4v) is 2.47. The summed E-state index contributed by atoms with van der Waals surface area (Å²) < 4.78 is 27.4. The van der Waals surface area contributed by atoms with E-state index in [9.17, 15) is 8.42 Å². The molecule has 102 valence electrons. The zero-order valence-electron chi connectivity index (χ0n) is 9.86. The summed E-state index contributed by atoms with van der Waals surface area (Å²) in [5.74, 6) is 0. The Balaban J connectivity index is 2.78. The molecular weight excluding hydrogens is 297 g/mol. The van der Waals surface area contributed by atoms with Crippen LogP contribution < -0.4 is 10.5 Å². The molecular formula is C10H15Cl2N3O2S. The van der Waals surface area contributed by atoms with Crippen molar-refractivity contribution in [2.75, 3.05) is 24.9 Å². The van der Waals surface area contributed by atoms with Crippen LogP contribution in [0.5, 0.6) is 0 Å². The summed E-state index contributed by atoms with van der Waals surface area (Å²) in [5, 5.41) is 0.664. The number of hydrogen-bond acceptors (Lipinski definition) is 3. The van der Waals surface area contributed by atoms with Crippen molar-refractivity contribution in [1.82, 2.24) is 4.31 Å². The van der Waals surface area contributed by atoms with Crippen molar-refractivity contribution in [3.8, 4) is 0 Å². The first-order valence-electron chi connectivity index (χ1n) is 5.26. The number of nitrogens with two attached hydrogens (primary N) is 1. The van der Waals surface area contributed by atoms with E-state index < -0.39 is 10.2 Å². The van der Waals surface area contributed by atoms with Crippen molar-refractivity contribution in [2.24, 2.45) is 5.73 Å². The van der Waals surface area contributed by atoms with Gasteiger partial charge in [0.05, 0.1) is 15.7 Å². The highest BCUT2D eigenvalue weighted by atomic mass is 35.5. The molecule has 0 saturated heterocycles. The second kappa shape index (κ2) is 6.58. The predicted molar refractivity (Wildman–Crippen MR) is 75.3 cm³/mol. The van der Waals surface area contributed by atoms with E-state index in [1.807, 2.05) is 0 Å². The van der Waals surface area contributed by atoms with Gasteiger partial charge in [0.2, 0.25) is 0 Å². The van der Waals surface area contributed by atoms with Crippen LogP contribution in [0, 0.1) is 0 Å². The van der Waals surface area contributed by atoms with Crippen molar-refractivity contribution in [2.45, 2.75) is 6.42 Å². The molecule has 0 aliphatic carbocycles. The Hall–Kier alpha value is -0.530. The van der Waals surface area contributed by atoms with Gasteiger partial charge in [-0.3, -0.25) is 4.72 Å². The van der Waals surface area contributed by atoms with E-state index in [1.165, 1.54) is 23.5 Å². The average Bonchev–Trinajstić information content (AvgIpc) is 2.30. The number of nitrogens with one attached hydrogen (secondary N) is 1. The maximum absolute atomic E-state index is 11.9. The number of anilines is 1. The summed E-state index contributed by atoms with van der Waals surface area (Å²) >= 11 is 11.6. The van der Waals surface area contributed by atoms with Crippen molar-refractivity contribution in [3.63, 3.8) is 0 Å². The van der Waals surface area contributed by atoms with Crippen LogP contribution in [0.15, 0.2) is 18.2 Å². The molecule has 0 unspecified atom stereocenters. The molecule has 1 aromatic carbocycles. The third-order valence-corrected chi connectivity index (χ3v) is 4.49. The summed E-state index contributed by atoms with van der Waals surface area (Å²) in [5.41, 5.74) is 5.70. The van der Waals surface area contributed by atoms with E-state index in [0.717, 1.165) is 0 Å². The van der Waals surface area contributed by atoms with Gasteiger partial charge in [0.25, 0.3) is 0 Å². The number of rotatable bonds is 6. The van der Waals surface area contributed by atoms with Gasteiger partial charge in [-0.2, -0.15) is 12.7 Å². The van der Waals surface area contributed by atoms with E-state index in [0.29, 0.717) is 35.2 Å². The van der Waals surface area contributed by atoms with Crippen molar-refractivity contribution >= 4 is 39.1 Å². The quantitative estimate of drug-likeness (QED) is 0.843. The highest BCUT2D eigenvalue weighted by Gasteiger charge is 2.17. The van der Waals surface area contributed by atoms with Crippen molar-refractivity contribution in [1.29, 1.82) is 0 Å². The van der Waals surface area contributed by atoms with Gasteiger partial charge in [0.1, 0.15) is 0 Å². The van der Waals surface area contributed by atoms with Crippen LogP contribution in [0.2, 0.25) is 10.0 Å². The average molecular weight is 312 g/mol.